The van der Waals surface area contributed by atoms with Crippen LogP contribution in [0, 0.1) is 0 Å². The summed E-state index contributed by atoms with van der Waals surface area (Å²) in [5, 5.41) is 12.7. The summed E-state index contributed by atoms with van der Waals surface area (Å²) in [7, 11) is 1.61. The zero-order chi connectivity index (χ0) is 12.7. The van der Waals surface area contributed by atoms with Gasteiger partial charge in [-0.05, 0) is 32.7 Å². The summed E-state index contributed by atoms with van der Waals surface area (Å²) < 4.78 is 4.87. The number of carbonyl (C=O) groups is 1. The van der Waals surface area contributed by atoms with Crippen LogP contribution in [0.25, 0.3) is 0 Å². The Morgan fingerprint density at radius 3 is 2.94 bits per heavy atom. The lowest BCUT2D eigenvalue weighted by Crippen LogP contribution is -2.39. The lowest BCUT2D eigenvalue weighted by molar-refractivity contribution is -0.122. The number of carbonyl (C=O) groups excluding carboxylic acids is 1. The second-order valence-corrected chi connectivity index (χ2v) is 4.97. The first-order valence-electron chi connectivity index (χ1n) is 6.24. The quantitative estimate of drug-likeness (QED) is 0.668. The monoisotopic (exact) mass is 244 g/mol. The van der Waals surface area contributed by atoms with E-state index in [1.54, 1.807) is 7.11 Å². The van der Waals surface area contributed by atoms with E-state index in [0.717, 1.165) is 32.4 Å². The molecule has 0 bridgehead atoms. The fraction of sp³-hybridized carbons (Fsp3) is 0.917. The van der Waals surface area contributed by atoms with Crippen LogP contribution in [-0.2, 0) is 9.53 Å². The molecule has 1 aliphatic heterocycles. The van der Waals surface area contributed by atoms with Gasteiger partial charge in [0.25, 0.3) is 0 Å². The number of hydrogen-bond acceptors (Lipinski definition) is 4. The Bertz CT molecular complexity index is 244. The number of aliphatic hydroxyl groups is 1. The number of amides is 1. The Morgan fingerprint density at radius 2 is 2.24 bits per heavy atom. The second-order valence-electron chi connectivity index (χ2n) is 4.97. The summed E-state index contributed by atoms with van der Waals surface area (Å²) >= 11 is 0. The SMILES string of the molecule is COCCNC(=O)CN1CCCC(C)(O)CC1. The molecule has 1 saturated heterocycles. The molecular formula is C12H24N2O3. The molecule has 1 aliphatic rings. The van der Waals surface area contributed by atoms with Gasteiger partial charge in [-0.15, -0.1) is 0 Å². The Kier molecular flexibility index (Phi) is 5.88. The van der Waals surface area contributed by atoms with Crippen LogP contribution in [0.2, 0.25) is 0 Å². The minimum Gasteiger partial charge on any atom is -0.390 e. The molecular weight excluding hydrogens is 220 g/mol. The zero-order valence-corrected chi connectivity index (χ0v) is 10.9. The van der Waals surface area contributed by atoms with Gasteiger partial charge >= 0.3 is 0 Å². The zero-order valence-electron chi connectivity index (χ0n) is 10.9. The van der Waals surface area contributed by atoms with E-state index in [0.29, 0.717) is 19.7 Å². The molecule has 0 radical (unpaired) electrons. The van der Waals surface area contributed by atoms with Gasteiger partial charge in [-0.2, -0.15) is 0 Å². The van der Waals surface area contributed by atoms with Crippen molar-refractivity contribution in [2.24, 2.45) is 0 Å². The molecule has 100 valence electrons. The van der Waals surface area contributed by atoms with Crippen molar-refractivity contribution in [2.75, 3.05) is 39.9 Å². The Hall–Kier alpha value is -0.650. The number of ether oxygens (including phenoxy) is 1. The van der Waals surface area contributed by atoms with Crippen LogP contribution in [-0.4, -0.2) is 61.4 Å². The van der Waals surface area contributed by atoms with Crippen molar-refractivity contribution in [3.8, 4) is 0 Å². The standard InChI is InChI=1S/C12H24N2O3/c1-12(16)4-3-7-14(8-5-12)10-11(15)13-6-9-17-2/h16H,3-10H2,1-2H3,(H,13,15). The van der Waals surface area contributed by atoms with Crippen molar-refractivity contribution in [2.45, 2.75) is 31.8 Å². The normalized spacial score (nSPS) is 26.5. The third-order valence-electron chi connectivity index (χ3n) is 3.15. The van der Waals surface area contributed by atoms with Crippen molar-refractivity contribution in [1.82, 2.24) is 10.2 Å². The molecule has 2 N–H and O–H groups in total. The molecule has 5 nitrogen and oxygen atoms in total. The highest BCUT2D eigenvalue weighted by atomic mass is 16.5. The first-order chi connectivity index (χ1) is 8.03. The average Bonchev–Trinajstić information content (AvgIpc) is 2.41. The topological polar surface area (TPSA) is 61.8 Å². The van der Waals surface area contributed by atoms with Crippen LogP contribution in [0.15, 0.2) is 0 Å². The summed E-state index contributed by atoms with van der Waals surface area (Å²) in [4.78, 5) is 13.7. The van der Waals surface area contributed by atoms with Gasteiger partial charge < -0.3 is 15.2 Å². The van der Waals surface area contributed by atoms with E-state index in [1.807, 2.05) is 6.92 Å². The number of hydrogen-bond donors (Lipinski definition) is 2. The van der Waals surface area contributed by atoms with Gasteiger partial charge in [-0.3, -0.25) is 9.69 Å². The molecule has 17 heavy (non-hydrogen) atoms. The third kappa shape index (κ3) is 6.00. The van der Waals surface area contributed by atoms with Crippen molar-refractivity contribution >= 4 is 5.91 Å². The molecule has 1 rings (SSSR count). The van der Waals surface area contributed by atoms with Gasteiger partial charge in [0, 0.05) is 20.2 Å². The van der Waals surface area contributed by atoms with Gasteiger partial charge in [-0.1, -0.05) is 0 Å². The van der Waals surface area contributed by atoms with Crippen molar-refractivity contribution in [1.29, 1.82) is 0 Å². The molecule has 0 saturated carbocycles. The lowest BCUT2D eigenvalue weighted by Gasteiger charge is -2.22. The molecule has 1 unspecified atom stereocenters. The van der Waals surface area contributed by atoms with Crippen LogP contribution in [0.5, 0.6) is 0 Å². The minimum atomic E-state index is -0.568. The molecule has 0 aromatic rings. The van der Waals surface area contributed by atoms with Gasteiger partial charge in [-0.25, -0.2) is 0 Å². The summed E-state index contributed by atoms with van der Waals surface area (Å²) in [6.07, 6.45) is 2.49. The second kappa shape index (κ2) is 6.93. The highest BCUT2D eigenvalue weighted by molar-refractivity contribution is 5.77. The highest BCUT2D eigenvalue weighted by Crippen LogP contribution is 2.20. The maximum atomic E-state index is 11.6. The lowest BCUT2D eigenvalue weighted by atomic mass is 9.98. The number of nitrogens with zero attached hydrogens (tertiary/aromatic N) is 1. The largest absolute Gasteiger partial charge is 0.390 e. The van der Waals surface area contributed by atoms with Crippen LogP contribution < -0.4 is 5.32 Å². The van der Waals surface area contributed by atoms with Crippen LogP contribution in [0.1, 0.15) is 26.2 Å². The van der Waals surface area contributed by atoms with Gasteiger partial charge in [0.05, 0.1) is 18.8 Å². The van der Waals surface area contributed by atoms with E-state index in [-0.39, 0.29) is 5.91 Å². The summed E-state index contributed by atoms with van der Waals surface area (Å²) in [6.45, 7) is 5.05. The fourth-order valence-corrected chi connectivity index (χ4v) is 2.03. The first-order valence-corrected chi connectivity index (χ1v) is 6.24. The summed E-state index contributed by atoms with van der Waals surface area (Å²) in [5.41, 5.74) is -0.568. The first kappa shape index (κ1) is 14.4. The molecule has 0 aliphatic carbocycles. The van der Waals surface area contributed by atoms with Gasteiger partial charge in [0.15, 0.2) is 0 Å². The molecule has 1 heterocycles. The van der Waals surface area contributed by atoms with Crippen molar-refractivity contribution in [3.63, 3.8) is 0 Å². The van der Waals surface area contributed by atoms with Crippen LogP contribution in [0.4, 0.5) is 0 Å². The minimum absolute atomic E-state index is 0.0311. The van der Waals surface area contributed by atoms with E-state index in [1.165, 1.54) is 0 Å². The maximum Gasteiger partial charge on any atom is 0.234 e. The Morgan fingerprint density at radius 1 is 1.47 bits per heavy atom. The number of methoxy groups -OCH3 is 1. The smallest absolute Gasteiger partial charge is 0.234 e. The molecule has 1 fully saturated rings. The highest BCUT2D eigenvalue weighted by Gasteiger charge is 2.25. The molecule has 0 spiro atoms. The van der Waals surface area contributed by atoms with E-state index >= 15 is 0 Å². The molecule has 1 amide bonds. The fourth-order valence-electron chi connectivity index (χ4n) is 2.03. The Labute approximate surface area is 103 Å². The number of likely N-dealkylation sites (tertiary alicyclic amines) is 1. The van der Waals surface area contributed by atoms with Crippen LogP contribution >= 0.6 is 0 Å². The van der Waals surface area contributed by atoms with Crippen molar-refractivity contribution in [3.05, 3.63) is 0 Å². The Balaban J connectivity index is 2.24. The summed E-state index contributed by atoms with van der Waals surface area (Å²) in [5.74, 6) is 0.0311. The van der Waals surface area contributed by atoms with E-state index in [9.17, 15) is 9.90 Å². The predicted molar refractivity (Wildman–Crippen MR) is 65.8 cm³/mol. The van der Waals surface area contributed by atoms with Crippen LogP contribution in [0.3, 0.4) is 0 Å². The molecule has 0 aromatic carbocycles. The molecule has 0 aromatic heterocycles. The summed E-state index contributed by atoms with van der Waals surface area (Å²) in [6, 6.07) is 0. The van der Waals surface area contributed by atoms with E-state index in [2.05, 4.69) is 10.2 Å². The van der Waals surface area contributed by atoms with Gasteiger partial charge in [0.1, 0.15) is 0 Å². The molecule has 5 heteroatoms. The van der Waals surface area contributed by atoms with Gasteiger partial charge in [0.2, 0.25) is 5.91 Å². The third-order valence-corrected chi connectivity index (χ3v) is 3.15. The van der Waals surface area contributed by atoms with E-state index < -0.39 is 5.60 Å². The number of nitrogens with one attached hydrogen (secondary N) is 1. The predicted octanol–water partition coefficient (Wildman–Crippen LogP) is -0.0141. The maximum absolute atomic E-state index is 11.6. The number of rotatable bonds is 5. The van der Waals surface area contributed by atoms with E-state index in [4.69, 9.17) is 4.74 Å². The average molecular weight is 244 g/mol. The molecule has 1 atom stereocenters. The van der Waals surface area contributed by atoms with Crippen molar-refractivity contribution < 1.29 is 14.6 Å².